The Morgan fingerprint density at radius 2 is 2.00 bits per heavy atom. The first kappa shape index (κ1) is 18.5. The molecule has 4 rings (SSSR count). The van der Waals surface area contributed by atoms with Crippen molar-refractivity contribution in [1.82, 2.24) is 10.3 Å². The fourth-order valence-electron chi connectivity index (χ4n) is 4.73. The third kappa shape index (κ3) is 2.66. The Morgan fingerprint density at radius 1 is 1.29 bits per heavy atom. The summed E-state index contributed by atoms with van der Waals surface area (Å²) in [6.07, 6.45) is 0.617. The number of rotatable bonds is 6. The Kier molecular flexibility index (Phi) is 4.16. The first-order valence-corrected chi connectivity index (χ1v) is 9.03. The molecule has 7 N–H and O–H groups in total. The summed E-state index contributed by atoms with van der Waals surface area (Å²) in [6.45, 7) is 0. The number of nitrogens with two attached hydrogens (primary N) is 1. The number of aliphatic carboxylic acids is 2. The second-order valence-corrected chi connectivity index (χ2v) is 7.67. The number of carboxylic acid groups (broad SMARTS) is 2. The molecule has 1 aromatic carbocycles. The van der Waals surface area contributed by atoms with Crippen LogP contribution >= 0.6 is 0 Å². The Bertz CT molecular complexity index is 971. The Hall–Kier alpha value is -2.91. The van der Waals surface area contributed by atoms with E-state index in [1.807, 2.05) is 24.3 Å². The molecule has 0 spiro atoms. The number of fused-ring (bicyclic) bond motifs is 2. The van der Waals surface area contributed by atoms with Crippen LogP contribution in [0, 0.1) is 17.8 Å². The van der Waals surface area contributed by atoms with Crippen molar-refractivity contribution in [2.24, 2.45) is 23.5 Å². The van der Waals surface area contributed by atoms with E-state index in [2.05, 4.69) is 10.3 Å². The standard InChI is InChI=1S/C19H21N3O6/c20-10(5-8-7-21-11-4-2-1-3-9(8)11)16(24)22-19(18(27)28)6-12(23)13-14(15(13)19)17(25)26/h1-4,7,10,12-15,21,23H,5-6,20H2,(H,22,24)(H,25,26)(H,27,28)/t10-,12-,13?,14-,15-,19-/m0/s1. The van der Waals surface area contributed by atoms with Crippen molar-refractivity contribution in [3.63, 3.8) is 0 Å². The third-order valence-electron chi connectivity index (χ3n) is 6.08. The Balaban J connectivity index is 1.53. The molecule has 2 fully saturated rings. The lowest BCUT2D eigenvalue weighted by Crippen LogP contribution is -2.60. The molecule has 9 nitrogen and oxygen atoms in total. The van der Waals surface area contributed by atoms with Crippen LogP contribution in [0.15, 0.2) is 30.5 Å². The molecule has 1 unspecified atom stereocenters. The molecule has 0 radical (unpaired) electrons. The predicted octanol–water partition coefficient (Wildman–Crippen LogP) is -0.311. The SMILES string of the molecule is N[C@@H](Cc1c[nH]c2ccccc12)C(=O)N[C@@]1(C(=O)O)C[C@H](O)C2[C@H](C(=O)O)[C@H]21. The van der Waals surface area contributed by atoms with Crippen LogP contribution in [0.4, 0.5) is 0 Å². The molecule has 1 amide bonds. The number of H-pyrrole nitrogens is 1. The van der Waals surface area contributed by atoms with Gasteiger partial charge in [0.25, 0.3) is 0 Å². The van der Waals surface area contributed by atoms with E-state index < -0.39 is 53.3 Å². The Labute approximate surface area is 159 Å². The molecule has 0 saturated heterocycles. The minimum Gasteiger partial charge on any atom is -0.481 e. The fraction of sp³-hybridized carbons (Fsp3) is 0.421. The topological polar surface area (TPSA) is 166 Å². The number of nitrogens with one attached hydrogen (secondary N) is 2. The number of hydrogen-bond donors (Lipinski definition) is 6. The number of carbonyl (C=O) groups is 3. The van der Waals surface area contributed by atoms with Gasteiger partial charge in [-0.15, -0.1) is 0 Å². The van der Waals surface area contributed by atoms with Crippen LogP contribution in [0.5, 0.6) is 0 Å². The molecule has 9 heteroatoms. The van der Waals surface area contributed by atoms with E-state index in [9.17, 15) is 29.7 Å². The number of benzene rings is 1. The van der Waals surface area contributed by atoms with E-state index in [0.29, 0.717) is 0 Å². The number of hydrogen-bond acceptors (Lipinski definition) is 5. The molecule has 2 aliphatic carbocycles. The quantitative estimate of drug-likeness (QED) is 0.395. The van der Waals surface area contributed by atoms with Crippen molar-refractivity contribution in [2.75, 3.05) is 0 Å². The van der Waals surface area contributed by atoms with Crippen LogP contribution in [-0.2, 0) is 20.8 Å². The monoisotopic (exact) mass is 387 g/mol. The summed E-state index contributed by atoms with van der Waals surface area (Å²) >= 11 is 0. The van der Waals surface area contributed by atoms with Gasteiger partial charge in [0.1, 0.15) is 5.54 Å². The van der Waals surface area contributed by atoms with Gasteiger partial charge >= 0.3 is 11.9 Å². The molecular formula is C19H21N3O6. The van der Waals surface area contributed by atoms with Gasteiger partial charge in [0.2, 0.25) is 5.91 Å². The maximum absolute atomic E-state index is 12.7. The van der Waals surface area contributed by atoms with E-state index in [0.717, 1.165) is 16.5 Å². The lowest BCUT2D eigenvalue weighted by molar-refractivity contribution is -0.150. The average molecular weight is 387 g/mol. The lowest BCUT2D eigenvalue weighted by Gasteiger charge is -2.30. The van der Waals surface area contributed by atoms with Gasteiger partial charge in [-0.1, -0.05) is 18.2 Å². The maximum atomic E-state index is 12.7. The summed E-state index contributed by atoms with van der Waals surface area (Å²) in [5, 5.41) is 32.5. The number of aromatic amines is 1. The second kappa shape index (κ2) is 6.32. The summed E-state index contributed by atoms with van der Waals surface area (Å²) in [5.74, 6) is -5.70. The number of amides is 1. The molecule has 1 aromatic heterocycles. The maximum Gasteiger partial charge on any atom is 0.329 e. The summed E-state index contributed by atoms with van der Waals surface area (Å²) in [5.41, 5.74) is 5.93. The zero-order valence-electron chi connectivity index (χ0n) is 14.8. The highest BCUT2D eigenvalue weighted by molar-refractivity contribution is 5.93. The first-order chi connectivity index (χ1) is 13.3. The van der Waals surface area contributed by atoms with E-state index in [1.165, 1.54) is 0 Å². The van der Waals surface area contributed by atoms with Gasteiger partial charge in [0.15, 0.2) is 0 Å². The normalized spacial score (nSPS) is 31.9. The number of aromatic nitrogens is 1. The van der Waals surface area contributed by atoms with E-state index >= 15 is 0 Å². The van der Waals surface area contributed by atoms with E-state index in [1.54, 1.807) is 6.20 Å². The minimum atomic E-state index is -1.82. The van der Waals surface area contributed by atoms with Gasteiger partial charge in [-0.2, -0.15) is 0 Å². The van der Waals surface area contributed by atoms with Gasteiger partial charge in [-0.25, -0.2) is 4.79 Å². The molecule has 2 saturated carbocycles. The number of para-hydroxylation sites is 1. The van der Waals surface area contributed by atoms with Crippen LogP contribution in [0.3, 0.4) is 0 Å². The highest BCUT2D eigenvalue weighted by atomic mass is 16.4. The van der Waals surface area contributed by atoms with Crippen molar-refractivity contribution in [3.05, 3.63) is 36.0 Å². The summed E-state index contributed by atoms with van der Waals surface area (Å²) in [7, 11) is 0. The molecule has 6 atom stereocenters. The van der Waals surface area contributed by atoms with Crippen LogP contribution in [0.1, 0.15) is 12.0 Å². The summed E-state index contributed by atoms with van der Waals surface area (Å²) < 4.78 is 0. The number of aliphatic hydroxyl groups is 1. The highest BCUT2D eigenvalue weighted by Crippen LogP contribution is 2.62. The lowest BCUT2D eigenvalue weighted by atomic mass is 9.89. The zero-order valence-corrected chi connectivity index (χ0v) is 14.8. The van der Waals surface area contributed by atoms with E-state index in [4.69, 9.17) is 5.73 Å². The summed E-state index contributed by atoms with van der Waals surface area (Å²) in [6, 6.07) is 6.51. The molecule has 0 aliphatic heterocycles. The average Bonchev–Trinajstić information content (AvgIpc) is 3.20. The van der Waals surface area contributed by atoms with Gasteiger partial charge in [0.05, 0.1) is 18.1 Å². The molecule has 28 heavy (non-hydrogen) atoms. The molecule has 1 heterocycles. The van der Waals surface area contributed by atoms with Crippen molar-refractivity contribution < 1.29 is 29.7 Å². The van der Waals surface area contributed by atoms with Crippen molar-refractivity contribution >= 4 is 28.7 Å². The fourth-order valence-corrected chi connectivity index (χ4v) is 4.73. The van der Waals surface area contributed by atoms with Crippen LogP contribution < -0.4 is 11.1 Å². The van der Waals surface area contributed by atoms with Gasteiger partial charge < -0.3 is 31.4 Å². The summed E-state index contributed by atoms with van der Waals surface area (Å²) in [4.78, 5) is 39.1. The highest BCUT2D eigenvalue weighted by Gasteiger charge is 2.75. The molecular weight excluding hydrogens is 366 g/mol. The number of carbonyl (C=O) groups excluding carboxylic acids is 1. The van der Waals surface area contributed by atoms with Crippen molar-refractivity contribution in [3.8, 4) is 0 Å². The molecule has 0 bridgehead atoms. The minimum absolute atomic E-state index is 0.185. The number of aliphatic hydroxyl groups excluding tert-OH is 1. The van der Waals surface area contributed by atoms with Crippen LogP contribution in [0.2, 0.25) is 0 Å². The van der Waals surface area contributed by atoms with Gasteiger partial charge in [-0.05, 0) is 18.1 Å². The smallest absolute Gasteiger partial charge is 0.329 e. The Morgan fingerprint density at radius 3 is 2.64 bits per heavy atom. The van der Waals surface area contributed by atoms with Crippen LogP contribution in [0.25, 0.3) is 10.9 Å². The largest absolute Gasteiger partial charge is 0.481 e. The first-order valence-electron chi connectivity index (χ1n) is 9.03. The van der Waals surface area contributed by atoms with Crippen molar-refractivity contribution in [1.29, 1.82) is 0 Å². The molecule has 2 aliphatic rings. The zero-order chi connectivity index (χ0) is 20.2. The third-order valence-corrected chi connectivity index (χ3v) is 6.08. The number of carboxylic acids is 2. The van der Waals surface area contributed by atoms with Crippen molar-refractivity contribution in [2.45, 2.75) is 30.5 Å². The van der Waals surface area contributed by atoms with E-state index in [-0.39, 0.29) is 12.8 Å². The van der Waals surface area contributed by atoms with Gasteiger partial charge in [-0.3, -0.25) is 9.59 Å². The molecule has 148 valence electrons. The van der Waals surface area contributed by atoms with Crippen LogP contribution in [-0.4, -0.2) is 55.8 Å². The molecule has 2 aromatic rings. The van der Waals surface area contributed by atoms with Gasteiger partial charge in [0, 0.05) is 35.4 Å². The predicted molar refractivity (Wildman–Crippen MR) is 97.2 cm³/mol. The second-order valence-electron chi connectivity index (χ2n) is 7.67.